The van der Waals surface area contributed by atoms with Crippen LogP contribution in [0.4, 0.5) is 0 Å². The Labute approximate surface area is 91.9 Å². The van der Waals surface area contributed by atoms with E-state index in [1.165, 1.54) is 43.5 Å². The van der Waals surface area contributed by atoms with Crippen LogP contribution in [0.25, 0.3) is 0 Å². The van der Waals surface area contributed by atoms with Crippen molar-refractivity contribution in [3.8, 4) is 0 Å². The summed E-state index contributed by atoms with van der Waals surface area (Å²) in [6.07, 6.45) is 6.82. The predicted molar refractivity (Wildman–Crippen MR) is 61.8 cm³/mol. The summed E-state index contributed by atoms with van der Waals surface area (Å²) in [7, 11) is 4.02. The Morgan fingerprint density at radius 3 is 2.80 bits per heavy atom. The van der Waals surface area contributed by atoms with Crippen molar-refractivity contribution in [2.24, 2.45) is 7.05 Å². The molecule has 0 amide bonds. The average molecular weight is 207 g/mol. The van der Waals surface area contributed by atoms with Crippen LogP contribution in [0.5, 0.6) is 0 Å². The SMILES string of the molecule is CNCc1cc(C2CCCCC2)nn1C. The van der Waals surface area contributed by atoms with Crippen molar-refractivity contribution in [2.45, 2.75) is 44.6 Å². The van der Waals surface area contributed by atoms with E-state index in [1.807, 2.05) is 18.8 Å². The van der Waals surface area contributed by atoms with Gasteiger partial charge in [0.1, 0.15) is 0 Å². The van der Waals surface area contributed by atoms with Gasteiger partial charge in [-0.15, -0.1) is 0 Å². The number of hydrogen-bond acceptors (Lipinski definition) is 2. The molecular formula is C12H21N3. The highest BCUT2D eigenvalue weighted by molar-refractivity contribution is 5.15. The summed E-state index contributed by atoms with van der Waals surface area (Å²) in [5.41, 5.74) is 2.60. The van der Waals surface area contributed by atoms with Crippen molar-refractivity contribution in [2.75, 3.05) is 7.05 Å². The van der Waals surface area contributed by atoms with E-state index in [0.29, 0.717) is 0 Å². The summed E-state index contributed by atoms with van der Waals surface area (Å²) in [5, 5.41) is 7.81. The van der Waals surface area contributed by atoms with Gasteiger partial charge in [-0.25, -0.2) is 0 Å². The molecule has 1 aromatic heterocycles. The second kappa shape index (κ2) is 4.79. The van der Waals surface area contributed by atoms with E-state index in [2.05, 4.69) is 16.5 Å². The molecule has 1 aromatic rings. The minimum Gasteiger partial charge on any atom is -0.314 e. The minimum absolute atomic E-state index is 0.718. The predicted octanol–water partition coefficient (Wildman–Crippen LogP) is 2.19. The molecule has 2 rings (SSSR count). The lowest BCUT2D eigenvalue weighted by molar-refractivity contribution is 0.433. The molecule has 0 aliphatic heterocycles. The van der Waals surface area contributed by atoms with E-state index in [0.717, 1.165) is 12.5 Å². The zero-order valence-electron chi connectivity index (χ0n) is 9.79. The average Bonchev–Trinajstić information content (AvgIpc) is 2.63. The lowest BCUT2D eigenvalue weighted by Gasteiger charge is -2.19. The van der Waals surface area contributed by atoms with Crippen molar-refractivity contribution in [3.63, 3.8) is 0 Å². The number of aryl methyl sites for hydroxylation is 1. The van der Waals surface area contributed by atoms with Crippen LogP contribution in [-0.4, -0.2) is 16.8 Å². The summed E-state index contributed by atoms with van der Waals surface area (Å²) < 4.78 is 2.01. The van der Waals surface area contributed by atoms with Crippen molar-refractivity contribution in [3.05, 3.63) is 17.5 Å². The minimum atomic E-state index is 0.718. The van der Waals surface area contributed by atoms with Crippen molar-refractivity contribution < 1.29 is 0 Å². The highest BCUT2D eigenvalue weighted by atomic mass is 15.3. The largest absolute Gasteiger partial charge is 0.314 e. The number of nitrogens with one attached hydrogen (secondary N) is 1. The molecule has 0 radical (unpaired) electrons. The van der Waals surface area contributed by atoms with Crippen LogP contribution >= 0.6 is 0 Å². The zero-order valence-corrected chi connectivity index (χ0v) is 9.79. The first-order valence-electron chi connectivity index (χ1n) is 5.98. The molecular weight excluding hydrogens is 186 g/mol. The molecule has 3 nitrogen and oxygen atoms in total. The Kier molecular flexibility index (Phi) is 3.41. The summed E-state index contributed by atoms with van der Waals surface area (Å²) in [6.45, 7) is 0.913. The summed E-state index contributed by atoms with van der Waals surface area (Å²) in [5.74, 6) is 0.718. The van der Waals surface area contributed by atoms with Crippen LogP contribution < -0.4 is 5.32 Å². The zero-order chi connectivity index (χ0) is 10.7. The molecule has 0 unspecified atom stereocenters. The highest BCUT2D eigenvalue weighted by Crippen LogP contribution is 2.31. The molecule has 0 atom stereocenters. The summed E-state index contributed by atoms with van der Waals surface area (Å²) in [6, 6.07) is 2.27. The molecule has 0 saturated heterocycles. The van der Waals surface area contributed by atoms with Crippen LogP contribution in [0.15, 0.2) is 6.07 Å². The molecule has 1 N–H and O–H groups in total. The molecule has 1 heterocycles. The third-order valence-corrected chi connectivity index (χ3v) is 3.38. The third-order valence-electron chi connectivity index (χ3n) is 3.38. The van der Waals surface area contributed by atoms with Gasteiger partial charge in [-0.2, -0.15) is 5.10 Å². The maximum atomic E-state index is 4.63. The maximum Gasteiger partial charge on any atom is 0.0658 e. The van der Waals surface area contributed by atoms with Gasteiger partial charge in [-0.05, 0) is 26.0 Å². The molecule has 1 aliphatic rings. The smallest absolute Gasteiger partial charge is 0.0658 e. The van der Waals surface area contributed by atoms with E-state index in [1.54, 1.807) is 0 Å². The molecule has 0 aromatic carbocycles. The van der Waals surface area contributed by atoms with E-state index in [4.69, 9.17) is 0 Å². The molecule has 0 spiro atoms. The second-order valence-corrected chi connectivity index (χ2v) is 4.55. The molecule has 84 valence electrons. The van der Waals surface area contributed by atoms with Gasteiger partial charge < -0.3 is 5.32 Å². The Bertz CT molecular complexity index is 311. The normalized spacial score (nSPS) is 18.3. The van der Waals surface area contributed by atoms with Crippen LogP contribution in [0.1, 0.15) is 49.4 Å². The van der Waals surface area contributed by atoms with Gasteiger partial charge in [0.15, 0.2) is 0 Å². The molecule has 15 heavy (non-hydrogen) atoms. The first kappa shape index (κ1) is 10.7. The fourth-order valence-electron chi connectivity index (χ4n) is 2.47. The van der Waals surface area contributed by atoms with Crippen LogP contribution in [0.2, 0.25) is 0 Å². The van der Waals surface area contributed by atoms with E-state index < -0.39 is 0 Å². The third kappa shape index (κ3) is 2.40. The van der Waals surface area contributed by atoms with Gasteiger partial charge in [0.05, 0.1) is 11.4 Å². The lowest BCUT2D eigenvalue weighted by Crippen LogP contribution is -2.09. The maximum absolute atomic E-state index is 4.63. The quantitative estimate of drug-likeness (QED) is 0.823. The van der Waals surface area contributed by atoms with Gasteiger partial charge in [-0.3, -0.25) is 4.68 Å². The molecule has 0 bridgehead atoms. The van der Waals surface area contributed by atoms with Gasteiger partial charge in [0.2, 0.25) is 0 Å². The molecule has 1 saturated carbocycles. The second-order valence-electron chi connectivity index (χ2n) is 4.55. The molecule has 1 fully saturated rings. The monoisotopic (exact) mass is 207 g/mol. The van der Waals surface area contributed by atoms with E-state index in [9.17, 15) is 0 Å². The highest BCUT2D eigenvalue weighted by Gasteiger charge is 2.18. The van der Waals surface area contributed by atoms with Crippen LogP contribution in [-0.2, 0) is 13.6 Å². The number of rotatable bonds is 3. The van der Waals surface area contributed by atoms with Gasteiger partial charge in [-0.1, -0.05) is 19.3 Å². The summed E-state index contributed by atoms with van der Waals surface area (Å²) >= 11 is 0. The molecule has 1 aliphatic carbocycles. The number of nitrogens with zero attached hydrogens (tertiary/aromatic N) is 2. The topological polar surface area (TPSA) is 29.9 Å². The van der Waals surface area contributed by atoms with Crippen LogP contribution in [0.3, 0.4) is 0 Å². The fourth-order valence-corrected chi connectivity index (χ4v) is 2.47. The number of aromatic nitrogens is 2. The fraction of sp³-hybridized carbons (Fsp3) is 0.750. The first-order valence-corrected chi connectivity index (χ1v) is 5.98. The first-order chi connectivity index (χ1) is 7.31. The molecule has 3 heteroatoms. The van der Waals surface area contributed by atoms with Crippen molar-refractivity contribution in [1.82, 2.24) is 15.1 Å². The Morgan fingerprint density at radius 1 is 1.40 bits per heavy atom. The Morgan fingerprint density at radius 2 is 2.13 bits per heavy atom. The number of hydrogen-bond donors (Lipinski definition) is 1. The van der Waals surface area contributed by atoms with E-state index in [-0.39, 0.29) is 0 Å². The lowest BCUT2D eigenvalue weighted by atomic mass is 9.87. The Balaban J connectivity index is 2.10. The van der Waals surface area contributed by atoms with Crippen molar-refractivity contribution >= 4 is 0 Å². The Hall–Kier alpha value is -0.830. The standard InChI is InChI=1S/C12H21N3/c1-13-9-11-8-12(14-15(11)2)10-6-4-3-5-7-10/h8,10,13H,3-7,9H2,1-2H3. The van der Waals surface area contributed by atoms with Gasteiger partial charge >= 0.3 is 0 Å². The van der Waals surface area contributed by atoms with E-state index >= 15 is 0 Å². The van der Waals surface area contributed by atoms with Gasteiger partial charge in [0.25, 0.3) is 0 Å². The summed E-state index contributed by atoms with van der Waals surface area (Å²) in [4.78, 5) is 0. The van der Waals surface area contributed by atoms with Crippen LogP contribution in [0, 0.1) is 0 Å². The van der Waals surface area contributed by atoms with Gasteiger partial charge in [0, 0.05) is 19.5 Å². The van der Waals surface area contributed by atoms with Crippen molar-refractivity contribution in [1.29, 1.82) is 0 Å².